The zero-order valence-corrected chi connectivity index (χ0v) is 11.3. The SMILES string of the molecule is CCOC(=O)Cc1csc(NCCC(=O)NC)n1. The van der Waals surface area contributed by atoms with Crippen LogP contribution in [0.3, 0.4) is 0 Å². The molecule has 18 heavy (non-hydrogen) atoms. The standard InChI is InChI=1S/C11H17N3O3S/c1-3-17-10(16)6-8-7-18-11(14-8)13-5-4-9(15)12-2/h7H,3-6H2,1-2H3,(H,12,15)(H,13,14). The molecule has 1 amide bonds. The first kappa shape index (κ1) is 14.4. The van der Waals surface area contributed by atoms with Crippen molar-refractivity contribution in [1.82, 2.24) is 10.3 Å². The van der Waals surface area contributed by atoms with Crippen LogP contribution in [0.25, 0.3) is 0 Å². The molecule has 7 heteroatoms. The van der Waals surface area contributed by atoms with Gasteiger partial charge in [-0.3, -0.25) is 9.59 Å². The van der Waals surface area contributed by atoms with Crippen molar-refractivity contribution in [1.29, 1.82) is 0 Å². The number of rotatable bonds is 7. The van der Waals surface area contributed by atoms with E-state index in [1.807, 2.05) is 0 Å². The van der Waals surface area contributed by atoms with Gasteiger partial charge in [-0.1, -0.05) is 0 Å². The number of aromatic nitrogens is 1. The molecular formula is C11H17N3O3S. The number of amides is 1. The maximum absolute atomic E-state index is 11.2. The Balaban J connectivity index is 2.34. The van der Waals surface area contributed by atoms with Crippen LogP contribution < -0.4 is 10.6 Å². The number of nitrogens with one attached hydrogen (secondary N) is 2. The first-order chi connectivity index (χ1) is 8.65. The molecule has 1 aromatic heterocycles. The Hall–Kier alpha value is -1.63. The lowest BCUT2D eigenvalue weighted by atomic mass is 10.3. The lowest BCUT2D eigenvalue weighted by Gasteiger charge is -2.01. The van der Waals surface area contributed by atoms with Gasteiger partial charge in [-0.25, -0.2) is 4.98 Å². The zero-order chi connectivity index (χ0) is 13.4. The number of ether oxygens (including phenoxy) is 1. The van der Waals surface area contributed by atoms with Gasteiger partial charge >= 0.3 is 5.97 Å². The number of hydrogen-bond acceptors (Lipinski definition) is 6. The van der Waals surface area contributed by atoms with Gasteiger partial charge in [-0.15, -0.1) is 11.3 Å². The molecule has 0 aliphatic carbocycles. The van der Waals surface area contributed by atoms with Crippen LogP contribution in [0.5, 0.6) is 0 Å². The Morgan fingerprint density at radius 3 is 2.94 bits per heavy atom. The lowest BCUT2D eigenvalue weighted by Crippen LogP contribution is -2.20. The summed E-state index contributed by atoms with van der Waals surface area (Å²) in [7, 11) is 1.60. The minimum Gasteiger partial charge on any atom is -0.466 e. The van der Waals surface area contributed by atoms with Gasteiger partial charge in [0.05, 0.1) is 18.7 Å². The zero-order valence-electron chi connectivity index (χ0n) is 10.5. The fourth-order valence-electron chi connectivity index (χ4n) is 1.24. The summed E-state index contributed by atoms with van der Waals surface area (Å²) in [6.07, 6.45) is 0.574. The quantitative estimate of drug-likeness (QED) is 0.717. The van der Waals surface area contributed by atoms with E-state index in [0.717, 1.165) is 0 Å². The molecule has 0 spiro atoms. The minimum absolute atomic E-state index is 0.0224. The predicted molar refractivity (Wildman–Crippen MR) is 69.6 cm³/mol. The summed E-state index contributed by atoms with van der Waals surface area (Å²) < 4.78 is 4.83. The predicted octanol–water partition coefficient (Wildman–Crippen LogP) is 0.797. The molecule has 0 radical (unpaired) electrons. The van der Waals surface area contributed by atoms with Gasteiger partial charge in [0, 0.05) is 25.4 Å². The topological polar surface area (TPSA) is 80.3 Å². The molecule has 0 atom stereocenters. The largest absolute Gasteiger partial charge is 0.466 e. The second-order valence-corrected chi connectivity index (χ2v) is 4.33. The summed E-state index contributed by atoms with van der Waals surface area (Å²) in [5.74, 6) is -0.300. The molecule has 2 N–H and O–H groups in total. The third kappa shape index (κ3) is 5.13. The van der Waals surface area contributed by atoms with E-state index in [2.05, 4.69) is 15.6 Å². The highest BCUT2D eigenvalue weighted by Gasteiger charge is 2.08. The number of thiazole rings is 1. The van der Waals surface area contributed by atoms with Crippen molar-refractivity contribution >= 4 is 28.3 Å². The molecule has 1 rings (SSSR count). The van der Waals surface area contributed by atoms with Crippen LogP contribution in [-0.4, -0.2) is 37.1 Å². The van der Waals surface area contributed by atoms with Crippen LogP contribution in [0.4, 0.5) is 5.13 Å². The summed E-state index contributed by atoms with van der Waals surface area (Å²) in [6.45, 7) is 2.66. The fourth-order valence-corrected chi connectivity index (χ4v) is 1.98. The molecule has 1 heterocycles. The van der Waals surface area contributed by atoms with Crippen LogP contribution in [0.2, 0.25) is 0 Å². The summed E-state index contributed by atoms with van der Waals surface area (Å²) in [6, 6.07) is 0. The van der Waals surface area contributed by atoms with E-state index in [9.17, 15) is 9.59 Å². The molecule has 0 bridgehead atoms. The maximum atomic E-state index is 11.2. The number of nitrogens with zero attached hydrogens (tertiary/aromatic N) is 1. The second-order valence-electron chi connectivity index (χ2n) is 3.48. The molecule has 0 saturated carbocycles. The van der Waals surface area contributed by atoms with Gasteiger partial charge in [0.25, 0.3) is 0 Å². The van der Waals surface area contributed by atoms with Crippen molar-refractivity contribution in [3.63, 3.8) is 0 Å². The first-order valence-electron chi connectivity index (χ1n) is 5.70. The third-order valence-electron chi connectivity index (χ3n) is 2.09. The average molecular weight is 271 g/mol. The molecule has 0 unspecified atom stereocenters. The number of hydrogen-bond donors (Lipinski definition) is 2. The van der Waals surface area contributed by atoms with E-state index in [4.69, 9.17) is 4.74 Å². The molecular weight excluding hydrogens is 254 g/mol. The number of esters is 1. The van der Waals surface area contributed by atoms with Gasteiger partial charge in [0.15, 0.2) is 5.13 Å². The second kappa shape index (κ2) is 7.65. The van der Waals surface area contributed by atoms with Crippen LogP contribution in [0.1, 0.15) is 19.0 Å². The first-order valence-corrected chi connectivity index (χ1v) is 6.58. The van der Waals surface area contributed by atoms with Crippen LogP contribution in [0.15, 0.2) is 5.38 Å². The van der Waals surface area contributed by atoms with Crippen molar-refractivity contribution in [2.45, 2.75) is 19.8 Å². The Morgan fingerprint density at radius 1 is 1.50 bits per heavy atom. The van der Waals surface area contributed by atoms with Crippen molar-refractivity contribution in [2.75, 3.05) is 25.5 Å². The van der Waals surface area contributed by atoms with Crippen molar-refractivity contribution in [2.24, 2.45) is 0 Å². The Morgan fingerprint density at radius 2 is 2.28 bits per heavy atom. The number of anilines is 1. The summed E-state index contributed by atoms with van der Waals surface area (Å²) >= 11 is 1.41. The van der Waals surface area contributed by atoms with E-state index in [1.165, 1.54) is 11.3 Å². The van der Waals surface area contributed by atoms with Gasteiger partial charge in [-0.05, 0) is 6.92 Å². The molecule has 0 fully saturated rings. The van der Waals surface area contributed by atoms with E-state index in [-0.39, 0.29) is 18.3 Å². The van der Waals surface area contributed by atoms with Gasteiger partial charge in [-0.2, -0.15) is 0 Å². The normalized spacial score (nSPS) is 9.89. The Labute approximate surface area is 110 Å². The summed E-state index contributed by atoms with van der Waals surface area (Å²) in [5.41, 5.74) is 0.681. The Bertz CT molecular complexity index is 406. The van der Waals surface area contributed by atoms with Crippen molar-refractivity contribution < 1.29 is 14.3 Å². The van der Waals surface area contributed by atoms with Crippen LogP contribution in [-0.2, 0) is 20.7 Å². The highest BCUT2D eigenvalue weighted by atomic mass is 32.1. The van der Waals surface area contributed by atoms with Gasteiger partial charge in [0.1, 0.15) is 0 Å². The highest BCUT2D eigenvalue weighted by molar-refractivity contribution is 7.13. The Kier molecular flexibility index (Phi) is 6.13. The smallest absolute Gasteiger partial charge is 0.311 e. The molecule has 1 aromatic rings. The molecule has 100 valence electrons. The number of carbonyl (C=O) groups excluding carboxylic acids is 2. The van der Waals surface area contributed by atoms with E-state index in [0.29, 0.717) is 30.4 Å². The molecule has 0 aromatic carbocycles. The fraction of sp³-hybridized carbons (Fsp3) is 0.545. The minimum atomic E-state index is -0.278. The molecule has 6 nitrogen and oxygen atoms in total. The average Bonchev–Trinajstić information content (AvgIpc) is 2.76. The molecule has 0 aliphatic heterocycles. The van der Waals surface area contributed by atoms with Gasteiger partial charge < -0.3 is 15.4 Å². The monoisotopic (exact) mass is 271 g/mol. The molecule has 0 saturated heterocycles. The van der Waals surface area contributed by atoms with Crippen LogP contribution >= 0.6 is 11.3 Å². The molecule has 0 aliphatic rings. The summed E-state index contributed by atoms with van der Waals surface area (Å²) in [5, 5.41) is 8.08. The number of carbonyl (C=O) groups is 2. The van der Waals surface area contributed by atoms with E-state index >= 15 is 0 Å². The van der Waals surface area contributed by atoms with Crippen LogP contribution in [0, 0.1) is 0 Å². The maximum Gasteiger partial charge on any atom is 0.311 e. The van der Waals surface area contributed by atoms with Crippen molar-refractivity contribution in [3.8, 4) is 0 Å². The highest BCUT2D eigenvalue weighted by Crippen LogP contribution is 2.15. The van der Waals surface area contributed by atoms with Gasteiger partial charge in [0.2, 0.25) is 5.91 Å². The summed E-state index contributed by atoms with van der Waals surface area (Å²) in [4.78, 5) is 26.5. The van der Waals surface area contributed by atoms with E-state index < -0.39 is 0 Å². The van der Waals surface area contributed by atoms with E-state index in [1.54, 1.807) is 19.4 Å². The lowest BCUT2D eigenvalue weighted by molar-refractivity contribution is -0.142. The van der Waals surface area contributed by atoms with Crippen molar-refractivity contribution in [3.05, 3.63) is 11.1 Å². The third-order valence-corrected chi connectivity index (χ3v) is 2.94.